The first-order valence-electron chi connectivity index (χ1n) is 8.13. The Morgan fingerprint density at radius 3 is 2.57 bits per heavy atom. The molecule has 1 unspecified atom stereocenters. The van der Waals surface area contributed by atoms with Gasteiger partial charge in [0.15, 0.2) is 0 Å². The quantitative estimate of drug-likeness (QED) is 0.457. The Bertz CT molecular complexity index is 931. The van der Waals surface area contributed by atoms with E-state index < -0.39 is 22.0 Å². The van der Waals surface area contributed by atoms with Gasteiger partial charge in [0.2, 0.25) is 15.9 Å². The number of carbonyl (C=O) groups excluding carboxylic acids is 2. The molecular formula is C16H23ClN6O4S. The lowest BCUT2D eigenvalue weighted by Crippen LogP contribution is -2.41. The number of aromatic nitrogens is 2. The van der Waals surface area contributed by atoms with Gasteiger partial charge in [-0.15, -0.1) is 12.4 Å². The van der Waals surface area contributed by atoms with Crippen molar-refractivity contribution < 1.29 is 18.0 Å². The number of benzene rings is 1. The Hall–Kier alpha value is -2.47. The molecule has 2 rings (SSSR count). The van der Waals surface area contributed by atoms with Gasteiger partial charge in [0.05, 0.1) is 23.5 Å². The van der Waals surface area contributed by atoms with E-state index in [-0.39, 0.29) is 41.0 Å². The van der Waals surface area contributed by atoms with Crippen molar-refractivity contribution in [1.29, 1.82) is 0 Å². The minimum Gasteiger partial charge on any atom is -0.351 e. The highest BCUT2D eigenvalue weighted by atomic mass is 35.5. The van der Waals surface area contributed by atoms with E-state index in [1.165, 1.54) is 24.0 Å². The summed E-state index contributed by atoms with van der Waals surface area (Å²) in [7, 11) is -2.32. The van der Waals surface area contributed by atoms with Crippen molar-refractivity contribution in [3.05, 3.63) is 42.2 Å². The summed E-state index contributed by atoms with van der Waals surface area (Å²) in [5, 5.41) is 8.99. The van der Waals surface area contributed by atoms with Gasteiger partial charge >= 0.3 is 0 Å². The molecule has 0 aliphatic rings. The van der Waals surface area contributed by atoms with E-state index in [0.29, 0.717) is 6.54 Å². The summed E-state index contributed by atoms with van der Waals surface area (Å²) in [6, 6.07) is 5.33. The number of nitrogens with one attached hydrogen (secondary N) is 3. The minimum atomic E-state index is -3.90. The first-order chi connectivity index (χ1) is 12.7. The summed E-state index contributed by atoms with van der Waals surface area (Å²) in [6.45, 7) is 1.98. The molecule has 28 heavy (non-hydrogen) atoms. The maximum Gasteiger partial charge on any atom is 0.253 e. The number of carbonyl (C=O) groups is 2. The number of aryl methyl sites for hydroxylation is 1. The molecule has 0 aliphatic heterocycles. The number of amides is 2. The van der Waals surface area contributed by atoms with E-state index in [1.807, 2.05) is 0 Å². The highest BCUT2D eigenvalue weighted by Crippen LogP contribution is 2.15. The van der Waals surface area contributed by atoms with Crippen LogP contribution in [-0.2, 0) is 21.9 Å². The van der Waals surface area contributed by atoms with Crippen LogP contribution >= 0.6 is 12.4 Å². The number of hydrogen-bond donors (Lipinski definition) is 4. The van der Waals surface area contributed by atoms with E-state index in [4.69, 9.17) is 5.73 Å². The Morgan fingerprint density at radius 1 is 1.29 bits per heavy atom. The Morgan fingerprint density at radius 2 is 1.96 bits per heavy atom. The zero-order valence-corrected chi connectivity index (χ0v) is 17.0. The van der Waals surface area contributed by atoms with Crippen molar-refractivity contribution in [2.75, 3.05) is 18.4 Å². The topological polar surface area (TPSA) is 148 Å². The molecule has 10 nitrogen and oxygen atoms in total. The first-order valence-corrected chi connectivity index (χ1v) is 9.62. The third-order valence-electron chi connectivity index (χ3n) is 3.58. The molecular weight excluding hydrogens is 408 g/mol. The maximum absolute atomic E-state index is 12.4. The molecule has 2 aromatic rings. The van der Waals surface area contributed by atoms with E-state index in [2.05, 4.69) is 20.5 Å². The van der Waals surface area contributed by atoms with Crippen molar-refractivity contribution in [2.24, 2.45) is 12.8 Å². The van der Waals surface area contributed by atoms with Crippen molar-refractivity contribution in [3.63, 3.8) is 0 Å². The van der Waals surface area contributed by atoms with Crippen LogP contribution in [0.15, 0.2) is 41.6 Å². The average molecular weight is 431 g/mol. The molecule has 0 saturated heterocycles. The fraction of sp³-hybridized carbons (Fsp3) is 0.312. The minimum absolute atomic E-state index is 0. The molecule has 1 aromatic heterocycles. The van der Waals surface area contributed by atoms with Crippen LogP contribution in [0.5, 0.6) is 0 Å². The highest BCUT2D eigenvalue weighted by molar-refractivity contribution is 7.89. The third-order valence-corrected chi connectivity index (χ3v) is 5.07. The summed E-state index contributed by atoms with van der Waals surface area (Å²) < 4.78 is 28.2. The fourth-order valence-electron chi connectivity index (χ4n) is 2.20. The van der Waals surface area contributed by atoms with Crippen LogP contribution in [0.1, 0.15) is 17.3 Å². The molecule has 154 valence electrons. The molecule has 1 aromatic carbocycles. The Labute approximate surface area is 169 Å². The number of halogens is 1. The van der Waals surface area contributed by atoms with Crippen LogP contribution in [0.4, 0.5) is 5.69 Å². The smallest absolute Gasteiger partial charge is 0.253 e. The fourth-order valence-corrected chi connectivity index (χ4v) is 3.39. The summed E-state index contributed by atoms with van der Waals surface area (Å²) in [5.41, 5.74) is 5.89. The lowest BCUT2D eigenvalue weighted by Gasteiger charge is -2.15. The zero-order chi connectivity index (χ0) is 20.0. The van der Waals surface area contributed by atoms with Crippen LogP contribution in [0, 0.1) is 0 Å². The van der Waals surface area contributed by atoms with Crippen molar-refractivity contribution in [2.45, 2.75) is 17.9 Å². The summed E-state index contributed by atoms with van der Waals surface area (Å²) >= 11 is 0. The van der Waals surface area contributed by atoms with Crippen LogP contribution in [0.2, 0.25) is 0 Å². The van der Waals surface area contributed by atoms with Gasteiger partial charge in [-0.05, 0) is 19.1 Å². The molecule has 0 fully saturated rings. The lowest BCUT2D eigenvalue weighted by atomic mass is 10.1. The summed E-state index contributed by atoms with van der Waals surface area (Å²) in [5.74, 6) is -0.999. The molecule has 2 amide bonds. The van der Waals surface area contributed by atoms with Gasteiger partial charge in [-0.1, -0.05) is 12.1 Å². The Kier molecular flexibility index (Phi) is 8.57. The van der Waals surface area contributed by atoms with Crippen LogP contribution in [0.3, 0.4) is 0 Å². The predicted molar refractivity (Wildman–Crippen MR) is 107 cm³/mol. The van der Waals surface area contributed by atoms with Gasteiger partial charge in [-0.2, -0.15) is 9.82 Å². The summed E-state index contributed by atoms with van der Waals surface area (Å²) in [6.07, 6.45) is 2.51. The van der Waals surface area contributed by atoms with E-state index in [9.17, 15) is 18.0 Å². The second-order valence-electron chi connectivity index (χ2n) is 5.77. The molecule has 0 spiro atoms. The largest absolute Gasteiger partial charge is 0.351 e. The number of hydrogen-bond acceptors (Lipinski definition) is 6. The lowest BCUT2D eigenvalue weighted by molar-refractivity contribution is -0.117. The molecule has 0 radical (unpaired) electrons. The number of para-hydroxylation sites is 1. The first kappa shape index (κ1) is 23.6. The molecule has 1 heterocycles. The van der Waals surface area contributed by atoms with Gasteiger partial charge in [0.1, 0.15) is 4.90 Å². The second kappa shape index (κ2) is 10.2. The van der Waals surface area contributed by atoms with Crippen molar-refractivity contribution in [3.8, 4) is 0 Å². The highest BCUT2D eigenvalue weighted by Gasteiger charge is 2.24. The van der Waals surface area contributed by atoms with Crippen LogP contribution in [-0.4, -0.2) is 49.1 Å². The standard InChI is InChI=1S/C16H22N6O4S.ClH/c1-11(21-27(25,26)12-9-19-22(2)10-12)15(23)20-14-6-4-3-5-13(14)16(24)18-8-7-17;/h3-6,9-11,21H,7-8,17H2,1-2H3,(H,18,24)(H,20,23);1H. The number of rotatable bonds is 8. The van der Waals surface area contributed by atoms with E-state index in [0.717, 1.165) is 0 Å². The molecule has 12 heteroatoms. The number of anilines is 1. The molecule has 0 bridgehead atoms. The van der Waals surface area contributed by atoms with Gasteiger partial charge in [0.25, 0.3) is 5.91 Å². The second-order valence-corrected chi connectivity index (χ2v) is 7.49. The molecule has 0 aliphatic carbocycles. The summed E-state index contributed by atoms with van der Waals surface area (Å²) in [4.78, 5) is 24.5. The zero-order valence-electron chi connectivity index (χ0n) is 15.4. The molecule has 5 N–H and O–H groups in total. The molecule has 1 atom stereocenters. The van der Waals surface area contributed by atoms with Crippen molar-refractivity contribution >= 4 is 39.9 Å². The normalized spacial score (nSPS) is 12.0. The van der Waals surface area contributed by atoms with Gasteiger partial charge in [0, 0.05) is 26.3 Å². The van der Waals surface area contributed by atoms with E-state index >= 15 is 0 Å². The van der Waals surface area contributed by atoms with Crippen LogP contribution in [0.25, 0.3) is 0 Å². The number of nitrogens with two attached hydrogens (primary N) is 1. The van der Waals surface area contributed by atoms with Gasteiger partial charge < -0.3 is 16.4 Å². The van der Waals surface area contributed by atoms with E-state index in [1.54, 1.807) is 31.3 Å². The van der Waals surface area contributed by atoms with Gasteiger partial charge in [-0.25, -0.2) is 8.42 Å². The third kappa shape index (κ3) is 6.02. The SMILES string of the molecule is CC(NS(=O)(=O)c1cnn(C)c1)C(=O)Nc1ccccc1C(=O)NCCN.Cl. The predicted octanol–water partition coefficient (Wildman–Crippen LogP) is -0.164. The van der Waals surface area contributed by atoms with Gasteiger partial charge in [-0.3, -0.25) is 14.3 Å². The maximum atomic E-state index is 12.4. The van der Waals surface area contributed by atoms with Crippen molar-refractivity contribution in [1.82, 2.24) is 19.8 Å². The number of sulfonamides is 1. The molecule has 0 saturated carbocycles. The Balaban J connectivity index is 0.00000392. The number of nitrogens with zero attached hydrogens (tertiary/aromatic N) is 2. The average Bonchev–Trinajstić information content (AvgIpc) is 3.07. The monoisotopic (exact) mass is 430 g/mol. The van der Waals surface area contributed by atoms with Crippen LogP contribution < -0.4 is 21.1 Å².